The summed E-state index contributed by atoms with van der Waals surface area (Å²) in [5, 5.41) is 0. The molecule has 0 radical (unpaired) electrons. The van der Waals surface area contributed by atoms with Gasteiger partial charge in [0.1, 0.15) is 0 Å². The highest BCUT2D eigenvalue weighted by atomic mass is 16.5. The van der Waals surface area contributed by atoms with E-state index in [4.69, 9.17) is 4.74 Å². The normalized spacial score (nSPS) is 17.0. The summed E-state index contributed by atoms with van der Waals surface area (Å²) >= 11 is 0. The molecule has 0 aliphatic heterocycles. The van der Waals surface area contributed by atoms with Crippen molar-refractivity contribution in [3.8, 4) is 0 Å². The zero-order valence-corrected chi connectivity index (χ0v) is 10.6. The van der Waals surface area contributed by atoms with Gasteiger partial charge in [0.15, 0.2) is 0 Å². The van der Waals surface area contributed by atoms with Crippen LogP contribution in [0.25, 0.3) is 5.57 Å². The monoisotopic (exact) mass is 230 g/mol. The predicted molar refractivity (Wildman–Crippen MR) is 68.7 cm³/mol. The topological polar surface area (TPSA) is 26.3 Å². The van der Waals surface area contributed by atoms with Gasteiger partial charge >= 0.3 is 5.97 Å². The summed E-state index contributed by atoms with van der Waals surface area (Å²) in [6.45, 7) is 6.65. The van der Waals surface area contributed by atoms with E-state index in [9.17, 15) is 4.79 Å². The molecule has 1 aliphatic rings. The molecule has 0 unspecified atom stereocenters. The fourth-order valence-corrected chi connectivity index (χ4v) is 2.29. The molecule has 0 fully saturated rings. The van der Waals surface area contributed by atoms with Gasteiger partial charge in [-0.1, -0.05) is 44.2 Å². The standard InChI is InChI=1S/C15H18O2/c1-4-17-14(16)12-9-10-15(2,3)13-8-6-5-7-11(12)13/h5-9H,4,10H2,1-3H3. The van der Waals surface area contributed by atoms with Crippen molar-refractivity contribution in [1.29, 1.82) is 0 Å². The lowest BCUT2D eigenvalue weighted by Gasteiger charge is -2.31. The van der Waals surface area contributed by atoms with E-state index in [1.165, 1.54) is 5.56 Å². The number of hydrogen-bond acceptors (Lipinski definition) is 2. The molecule has 0 aromatic heterocycles. The summed E-state index contributed by atoms with van der Waals surface area (Å²) in [6, 6.07) is 8.09. The first-order valence-corrected chi connectivity index (χ1v) is 6.03. The lowest BCUT2D eigenvalue weighted by molar-refractivity contribution is -0.136. The molecule has 2 nitrogen and oxygen atoms in total. The van der Waals surface area contributed by atoms with Crippen molar-refractivity contribution in [2.24, 2.45) is 0 Å². The van der Waals surface area contributed by atoms with Crippen LogP contribution in [0.5, 0.6) is 0 Å². The van der Waals surface area contributed by atoms with Crippen LogP contribution in [0.3, 0.4) is 0 Å². The van der Waals surface area contributed by atoms with Crippen molar-refractivity contribution in [1.82, 2.24) is 0 Å². The molecular weight excluding hydrogens is 212 g/mol. The van der Waals surface area contributed by atoms with Crippen molar-refractivity contribution in [3.05, 3.63) is 41.5 Å². The summed E-state index contributed by atoms with van der Waals surface area (Å²) in [7, 11) is 0. The van der Waals surface area contributed by atoms with Crippen LogP contribution < -0.4 is 0 Å². The lowest BCUT2D eigenvalue weighted by atomic mass is 9.73. The molecule has 1 aromatic rings. The maximum atomic E-state index is 11.9. The predicted octanol–water partition coefficient (Wildman–Crippen LogP) is 3.31. The molecule has 0 heterocycles. The third-order valence-corrected chi connectivity index (χ3v) is 3.26. The van der Waals surface area contributed by atoms with E-state index in [1.54, 1.807) is 0 Å². The van der Waals surface area contributed by atoms with Crippen LogP contribution in [-0.4, -0.2) is 12.6 Å². The molecule has 0 N–H and O–H groups in total. The van der Waals surface area contributed by atoms with Crippen molar-refractivity contribution >= 4 is 11.5 Å². The highest BCUT2D eigenvalue weighted by Crippen LogP contribution is 2.38. The van der Waals surface area contributed by atoms with E-state index < -0.39 is 0 Å². The van der Waals surface area contributed by atoms with Crippen LogP contribution in [0.4, 0.5) is 0 Å². The van der Waals surface area contributed by atoms with Gasteiger partial charge < -0.3 is 4.74 Å². The van der Waals surface area contributed by atoms with E-state index in [2.05, 4.69) is 19.9 Å². The number of hydrogen-bond donors (Lipinski definition) is 0. The molecule has 0 saturated heterocycles. The van der Waals surface area contributed by atoms with Gasteiger partial charge in [-0.05, 0) is 29.9 Å². The molecule has 0 bridgehead atoms. The summed E-state index contributed by atoms with van der Waals surface area (Å²) in [4.78, 5) is 11.9. The number of carbonyl (C=O) groups is 1. The van der Waals surface area contributed by atoms with Crippen LogP contribution in [0.1, 0.15) is 38.3 Å². The van der Waals surface area contributed by atoms with Gasteiger partial charge in [-0.25, -0.2) is 4.79 Å². The Balaban J connectivity index is 2.46. The summed E-state index contributed by atoms with van der Waals surface area (Å²) in [6.07, 6.45) is 2.87. The van der Waals surface area contributed by atoms with Crippen LogP contribution in [0.2, 0.25) is 0 Å². The average molecular weight is 230 g/mol. The Hall–Kier alpha value is -1.57. The summed E-state index contributed by atoms with van der Waals surface area (Å²) in [5.41, 5.74) is 3.04. The molecule has 0 atom stereocenters. The molecule has 17 heavy (non-hydrogen) atoms. The molecule has 1 aromatic carbocycles. The Bertz CT molecular complexity index is 470. The highest BCUT2D eigenvalue weighted by Gasteiger charge is 2.30. The van der Waals surface area contributed by atoms with Crippen LogP contribution >= 0.6 is 0 Å². The Labute approximate surface area is 102 Å². The van der Waals surface area contributed by atoms with Gasteiger partial charge in [-0.2, -0.15) is 0 Å². The minimum absolute atomic E-state index is 0.0899. The third kappa shape index (κ3) is 2.12. The second-order valence-electron chi connectivity index (χ2n) is 4.97. The second-order valence-corrected chi connectivity index (χ2v) is 4.97. The summed E-state index contributed by atoms with van der Waals surface area (Å²) in [5.74, 6) is -0.213. The van der Waals surface area contributed by atoms with Gasteiger partial charge in [0.25, 0.3) is 0 Å². The molecule has 90 valence electrons. The maximum absolute atomic E-state index is 11.9. The number of carbonyl (C=O) groups excluding carboxylic acids is 1. The first-order valence-electron chi connectivity index (χ1n) is 6.03. The molecule has 2 rings (SSSR count). The number of ether oxygens (including phenoxy) is 1. The molecule has 2 heteroatoms. The van der Waals surface area contributed by atoms with Crippen LogP contribution in [-0.2, 0) is 14.9 Å². The van der Waals surface area contributed by atoms with Gasteiger partial charge in [0.05, 0.1) is 12.2 Å². The molecule has 0 saturated carbocycles. The largest absolute Gasteiger partial charge is 0.462 e. The molecule has 0 amide bonds. The number of allylic oxidation sites excluding steroid dienone is 1. The fraction of sp³-hybridized carbons (Fsp3) is 0.400. The van der Waals surface area contributed by atoms with Crippen LogP contribution in [0, 0.1) is 0 Å². The van der Waals surface area contributed by atoms with Crippen molar-refractivity contribution in [2.75, 3.05) is 6.61 Å². The Morgan fingerprint density at radius 2 is 2.06 bits per heavy atom. The van der Waals surface area contributed by atoms with E-state index in [0.717, 1.165) is 12.0 Å². The van der Waals surface area contributed by atoms with Gasteiger partial charge in [0, 0.05) is 0 Å². The Morgan fingerprint density at radius 1 is 1.35 bits per heavy atom. The number of fused-ring (bicyclic) bond motifs is 1. The quantitative estimate of drug-likeness (QED) is 0.728. The molecule has 1 aliphatic carbocycles. The SMILES string of the molecule is CCOC(=O)C1=CCC(C)(C)c2ccccc21. The van der Waals surface area contributed by atoms with Gasteiger partial charge in [-0.15, -0.1) is 0 Å². The Kier molecular flexibility index (Phi) is 3.05. The first kappa shape index (κ1) is 11.9. The van der Waals surface area contributed by atoms with Crippen LogP contribution in [0.15, 0.2) is 30.3 Å². The van der Waals surface area contributed by atoms with E-state index in [-0.39, 0.29) is 11.4 Å². The minimum atomic E-state index is -0.213. The highest BCUT2D eigenvalue weighted by molar-refractivity contribution is 6.17. The third-order valence-electron chi connectivity index (χ3n) is 3.26. The lowest BCUT2D eigenvalue weighted by Crippen LogP contribution is -2.23. The van der Waals surface area contributed by atoms with E-state index in [0.29, 0.717) is 12.2 Å². The second kappa shape index (κ2) is 4.36. The molecule has 0 spiro atoms. The average Bonchev–Trinajstić information content (AvgIpc) is 2.29. The number of esters is 1. The number of rotatable bonds is 2. The van der Waals surface area contributed by atoms with Gasteiger partial charge in [0.2, 0.25) is 0 Å². The van der Waals surface area contributed by atoms with E-state index >= 15 is 0 Å². The molecular formula is C15H18O2. The number of benzene rings is 1. The minimum Gasteiger partial charge on any atom is -0.462 e. The fourth-order valence-electron chi connectivity index (χ4n) is 2.29. The van der Waals surface area contributed by atoms with Crippen molar-refractivity contribution in [3.63, 3.8) is 0 Å². The van der Waals surface area contributed by atoms with Crippen molar-refractivity contribution < 1.29 is 9.53 Å². The smallest absolute Gasteiger partial charge is 0.338 e. The summed E-state index contributed by atoms with van der Waals surface area (Å²) < 4.78 is 5.10. The Morgan fingerprint density at radius 3 is 2.76 bits per heavy atom. The maximum Gasteiger partial charge on any atom is 0.338 e. The van der Waals surface area contributed by atoms with Crippen molar-refractivity contribution in [2.45, 2.75) is 32.6 Å². The zero-order valence-electron chi connectivity index (χ0n) is 10.6. The van der Waals surface area contributed by atoms with E-state index in [1.807, 2.05) is 31.2 Å². The van der Waals surface area contributed by atoms with Gasteiger partial charge in [-0.3, -0.25) is 0 Å². The zero-order chi connectivity index (χ0) is 12.5. The first-order chi connectivity index (χ1) is 8.06.